The molecule has 0 atom stereocenters. The molecule has 5 heteroatoms. The Kier molecular flexibility index (Phi) is 6.39. The number of nitrogens with one attached hydrogen (secondary N) is 1. The number of rotatable bonds is 6. The van der Waals surface area contributed by atoms with E-state index in [1.165, 1.54) is 12.1 Å². The van der Waals surface area contributed by atoms with Crippen molar-refractivity contribution in [3.05, 3.63) is 35.4 Å². The zero-order valence-electron chi connectivity index (χ0n) is 9.31. The third kappa shape index (κ3) is 4.97. The normalized spacial score (nSPS) is 10.3. The van der Waals surface area contributed by atoms with Crippen LogP contribution >= 0.6 is 22.6 Å². The molecular formula is C12H14F2INO. The first-order valence-electron chi connectivity index (χ1n) is 5.40. The first-order valence-corrected chi connectivity index (χ1v) is 6.93. The fraction of sp³-hybridized carbons (Fsp3) is 0.417. The van der Waals surface area contributed by atoms with Crippen LogP contribution in [0, 0.1) is 11.6 Å². The summed E-state index contributed by atoms with van der Waals surface area (Å²) >= 11 is 2.27. The molecule has 1 rings (SSSR count). The third-order valence-electron chi connectivity index (χ3n) is 2.27. The van der Waals surface area contributed by atoms with Crippen LogP contribution in [0.2, 0.25) is 0 Å². The van der Waals surface area contributed by atoms with Gasteiger partial charge in [0.25, 0.3) is 0 Å². The molecular weight excluding hydrogens is 339 g/mol. The predicted molar refractivity (Wildman–Crippen MR) is 71.2 cm³/mol. The summed E-state index contributed by atoms with van der Waals surface area (Å²) in [5.74, 6) is -2.13. The molecule has 0 saturated heterocycles. The minimum Gasteiger partial charge on any atom is -0.356 e. The van der Waals surface area contributed by atoms with E-state index in [2.05, 4.69) is 27.9 Å². The van der Waals surface area contributed by atoms with E-state index in [1.807, 2.05) is 0 Å². The van der Waals surface area contributed by atoms with Crippen LogP contribution in [0.4, 0.5) is 8.78 Å². The molecule has 1 N–H and O–H groups in total. The zero-order valence-corrected chi connectivity index (χ0v) is 11.5. The highest BCUT2D eigenvalue weighted by Gasteiger charge is 2.10. The van der Waals surface area contributed by atoms with Crippen molar-refractivity contribution in [1.82, 2.24) is 5.32 Å². The number of unbranched alkanes of at least 4 members (excludes halogenated alkanes) is 1. The third-order valence-corrected chi connectivity index (χ3v) is 3.03. The summed E-state index contributed by atoms with van der Waals surface area (Å²) in [6.45, 7) is 0.582. The molecule has 0 fully saturated rings. The van der Waals surface area contributed by atoms with Crippen LogP contribution in [-0.4, -0.2) is 16.9 Å². The average Bonchev–Trinajstić information content (AvgIpc) is 2.31. The lowest BCUT2D eigenvalue weighted by Gasteiger charge is -2.05. The first kappa shape index (κ1) is 14.3. The predicted octanol–water partition coefficient (Wildman–Crippen LogP) is 2.84. The summed E-state index contributed by atoms with van der Waals surface area (Å²) < 4.78 is 27.2. The largest absolute Gasteiger partial charge is 0.356 e. The summed E-state index contributed by atoms with van der Waals surface area (Å²) in [5, 5.41) is 2.68. The lowest BCUT2D eigenvalue weighted by molar-refractivity contribution is -0.120. The van der Waals surface area contributed by atoms with E-state index < -0.39 is 11.6 Å². The van der Waals surface area contributed by atoms with Crippen LogP contribution in [-0.2, 0) is 11.2 Å². The van der Waals surface area contributed by atoms with Crippen molar-refractivity contribution in [2.24, 2.45) is 0 Å². The number of hydrogen-bond acceptors (Lipinski definition) is 1. The Morgan fingerprint density at radius 3 is 2.76 bits per heavy atom. The molecule has 0 aliphatic carbocycles. The van der Waals surface area contributed by atoms with E-state index in [1.54, 1.807) is 0 Å². The Labute approximate surface area is 113 Å². The van der Waals surface area contributed by atoms with Crippen LogP contribution in [0.25, 0.3) is 0 Å². The van der Waals surface area contributed by atoms with Gasteiger partial charge >= 0.3 is 0 Å². The van der Waals surface area contributed by atoms with Gasteiger partial charge in [-0.25, -0.2) is 8.78 Å². The van der Waals surface area contributed by atoms with E-state index in [-0.39, 0.29) is 17.9 Å². The van der Waals surface area contributed by atoms with Crippen molar-refractivity contribution in [2.45, 2.75) is 19.3 Å². The minimum atomic E-state index is -0.935. The number of carbonyl (C=O) groups excluding carboxylic acids is 1. The summed E-state index contributed by atoms with van der Waals surface area (Å²) in [5.41, 5.74) is 0.0939. The molecule has 1 amide bonds. The zero-order chi connectivity index (χ0) is 12.7. The van der Waals surface area contributed by atoms with Crippen molar-refractivity contribution in [3.63, 3.8) is 0 Å². The molecule has 0 aliphatic rings. The Morgan fingerprint density at radius 2 is 2.06 bits per heavy atom. The van der Waals surface area contributed by atoms with Crippen molar-refractivity contribution in [2.75, 3.05) is 11.0 Å². The van der Waals surface area contributed by atoms with Gasteiger partial charge < -0.3 is 5.32 Å². The van der Waals surface area contributed by atoms with Gasteiger partial charge in [-0.05, 0) is 23.3 Å². The average molecular weight is 353 g/mol. The molecule has 0 unspecified atom stereocenters. The number of amides is 1. The van der Waals surface area contributed by atoms with E-state index in [0.29, 0.717) is 6.54 Å². The molecule has 0 bridgehead atoms. The second kappa shape index (κ2) is 7.58. The second-order valence-corrected chi connectivity index (χ2v) is 4.71. The van der Waals surface area contributed by atoms with Gasteiger partial charge in [0.1, 0.15) is 0 Å². The highest BCUT2D eigenvalue weighted by Crippen LogP contribution is 2.11. The maximum atomic E-state index is 13.2. The number of hydrogen-bond donors (Lipinski definition) is 1. The standard InChI is InChI=1S/C12H14F2INO/c13-10-5-3-4-9(12(10)14)8-11(17)16-7-2-1-6-15/h3-5H,1-2,6-8H2,(H,16,17). The van der Waals surface area contributed by atoms with Crippen molar-refractivity contribution in [3.8, 4) is 0 Å². The smallest absolute Gasteiger partial charge is 0.224 e. The van der Waals surface area contributed by atoms with Gasteiger partial charge in [0, 0.05) is 12.1 Å². The van der Waals surface area contributed by atoms with Crippen LogP contribution < -0.4 is 5.32 Å². The SMILES string of the molecule is O=C(Cc1cccc(F)c1F)NCCCCI. The Morgan fingerprint density at radius 1 is 1.29 bits per heavy atom. The quantitative estimate of drug-likeness (QED) is 0.476. The molecule has 94 valence electrons. The van der Waals surface area contributed by atoms with Gasteiger partial charge in [0.2, 0.25) is 5.91 Å². The maximum Gasteiger partial charge on any atom is 0.224 e. The molecule has 0 aromatic heterocycles. The van der Waals surface area contributed by atoms with Gasteiger partial charge in [-0.3, -0.25) is 4.79 Å². The highest BCUT2D eigenvalue weighted by atomic mass is 127. The lowest BCUT2D eigenvalue weighted by atomic mass is 10.1. The number of carbonyl (C=O) groups is 1. The highest BCUT2D eigenvalue weighted by molar-refractivity contribution is 14.1. The summed E-state index contributed by atoms with van der Waals surface area (Å²) in [6, 6.07) is 3.86. The molecule has 1 aromatic rings. The number of halogens is 3. The molecule has 2 nitrogen and oxygen atoms in total. The number of alkyl halides is 1. The van der Waals surface area contributed by atoms with Gasteiger partial charge in [0.15, 0.2) is 11.6 Å². The fourth-order valence-corrected chi connectivity index (χ4v) is 1.91. The first-order chi connectivity index (χ1) is 8.15. The van der Waals surface area contributed by atoms with Crippen molar-refractivity contribution in [1.29, 1.82) is 0 Å². The van der Waals surface area contributed by atoms with Crippen LogP contribution in [0.5, 0.6) is 0 Å². The lowest BCUT2D eigenvalue weighted by Crippen LogP contribution is -2.26. The minimum absolute atomic E-state index is 0.0939. The number of benzene rings is 1. The van der Waals surface area contributed by atoms with E-state index in [4.69, 9.17) is 0 Å². The van der Waals surface area contributed by atoms with Gasteiger partial charge in [-0.2, -0.15) is 0 Å². The van der Waals surface area contributed by atoms with Gasteiger partial charge in [-0.15, -0.1) is 0 Å². The summed E-state index contributed by atoms with van der Waals surface area (Å²) in [4.78, 5) is 11.4. The van der Waals surface area contributed by atoms with Crippen LogP contribution in [0.15, 0.2) is 18.2 Å². The molecule has 0 spiro atoms. The Balaban J connectivity index is 2.43. The van der Waals surface area contributed by atoms with Gasteiger partial charge in [0.05, 0.1) is 6.42 Å². The topological polar surface area (TPSA) is 29.1 Å². The maximum absolute atomic E-state index is 13.2. The van der Waals surface area contributed by atoms with Crippen molar-refractivity contribution < 1.29 is 13.6 Å². The molecule has 0 radical (unpaired) electrons. The second-order valence-electron chi connectivity index (χ2n) is 3.64. The molecule has 17 heavy (non-hydrogen) atoms. The molecule has 1 aromatic carbocycles. The Bertz CT molecular complexity index is 385. The molecule has 0 aliphatic heterocycles. The fourth-order valence-electron chi connectivity index (χ4n) is 1.37. The van der Waals surface area contributed by atoms with Gasteiger partial charge in [-0.1, -0.05) is 34.7 Å². The molecule has 0 saturated carbocycles. The summed E-state index contributed by atoms with van der Waals surface area (Å²) in [7, 11) is 0. The monoisotopic (exact) mass is 353 g/mol. The summed E-state index contributed by atoms with van der Waals surface area (Å²) in [6.07, 6.45) is 1.82. The molecule has 0 heterocycles. The van der Waals surface area contributed by atoms with E-state index in [9.17, 15) is 13.6 Å². The van der Waals surface area contributed by atoms with E-state index >= 15 is 0 Å². The van der Waals surface area contributed by atoms with E-state index in [0.717, 1.165) is 23.3 Å². The van der Waals surface area contributed by atoms with Crippen molar-refractivity contribution >= 4 is 28.5 Å². The van der Waals surface area contributed by atoms with Crippen LogP contribution in [0.1, 0.15) is 18.4 Å². The van der Waals surface area contributed by atoms with Crippen LogP contribution in [0.3, 0.4) is 0 Å². The Hall–Kier alpha value is -0.720.